The summed E-state index contributed by atoms with van der Waals surface area (Å²) in [5, 5.41) is 3.47. The van der Waals surface area contributed by atoms with Gasteiger partial charge in [0.05, 0.1) is 23.4 Å². The number of likely N-dealkylation sites (tertiary alicyclic amines) is 1. The van der Waals surface area contributed by atoms with Crippen LogP contribution in [-0.2, 0) is 19.7 Å². The summed E-state index contributed by atoms with van der Waals surface area (Å²) >= 11 is 1.42. The van der Waals surface area contributed by atoms with E-state index in [1.54, 1.807) is 24.9 Å². The quantitative estimate of drug-likeness (QED) is 0.564. The van der Waals surface area contributed by atoms with Gasteiger partial charge in [0, 0.05) is 19.3 Å². The average molecular weight is 434 g/mol. The highest BCUT2D eigenvalue weighted by molar-refractivity contribution is 7.19. The SMILES string of the molecule is COC(=O)C(C)(C)c1cc(-c2sc(NC(=O)N3CCCC3)nc2C)ccn1.NC=O. The van der Waals surface area contributed by atoms with Crippen molar-refractivity contribution in [2.24, 2.45) is 5.73 Å². The predicted molar refractivity (Wildman–Crippen MR) is 115 cm³/mol. The van der Waals surface area contributed by atoms with Crippen LogP contribution in [0.1, 0.15) is 38.1 Å². The van der Waals surface area contributed by atoms with Gasteiger partial charge in [0.25, 0.3) is 0 Å². The molecule has 0 aromatic carbocycles. The third-order valence-corrected chi connectivity index (χ3v) is 5.88. The first kappa shape index (κ1) is 23.3. The summed E-state index contributed by atoms with van der Waals surface area (Å²) < 4.78 is 4.89. The molecule has 2 aromatic rings. The fraction of sp³-hybridized carbons (Fsp3) is 0.450. The molecule has 0 spiro atoms. The maximum absolute atomic E-state index is 12.3. The van der Waals surface area contributed by atoms with E-state index in [0.29, 0.717) is 10.8 Å². The lowest BCUT2D eigenvalue weighted by atomic mass is 9.88. The molecule has 3 amide bonds. The number of esters is 1. The lowest BCUT2D eigenvalue weighted by molar-refractivity contribution is -0.146. The summed E-state index contributed by atoms with van der Waals surface area (Å²) in [6, 6.07) is 3.66. The minimum atomic E-state index is -0.851. The predicted octanol–water partition coefficient (Wildman–Crippen LogP) is 2.69. The van der Waals surface area contributed by atoms with E-state index in [4.69, 9.17) is 9.53 Å². The number of amides is 3. The molecule has 0 aliphatic carbocycles. The van der Waals surface area contributed by atoms with Gasteiger partial charge in [-0.05, 0) is 51.3 Å². The number of urea groups is 1. The van der Waals surface area contributed by atoms with E-state index in [-0.39, 0.29) is 18.4 Å². The number of thiazole rings is 1. The van der Waals surface area contributed by atoms with Gasteiger partial charge < -0.3 is 15.4 Å². The summed E-state index contributed by atoms with van der Waals surface area (Å²) in [5.74, 6) is -0.341. The number of nitrogens with two attached hydrogens (primary N) is 1. The van der Waals surface area contributed by atoms with Crippen LogP contribution in [0.25, 0.3) is 10.4 Å². The molecule has 162 valence electrons. The van der Waals surface area contributed by atoms with Crippen LogP contribution in [0, 0.1) is 6.92 Å². The van der Waals surface area contributed by atoms with E-state index in [1.807, 2.05) is 19.1 Å². The number of hydrogen-bond donors (Lipinski definition) is 2. The Bertz CT molecular complexity index is 906. The first-order valence-corrected chi connectivity index (χ1v) is 10.3. The fourth-order valence-electron chi connectivity index (χ4n) is 3.08. The molecule has 30 heavy (non-hydrogen) atoms. The molecule has 0 atom stereocenters. The average Bonchev–Trinajstić information content (AvgIpc) is 3.38. The molecule has 3 N–H and O–H groups in total. The molecule has 3 rings (SSSR count). The second kappa shape index (κ2) is 10.1. The molecule has 9 nitrogen and oxygen atoms in total. The van der Waals surface area contributed by atoms with Gasteiger partial charge in [-0.3, -0.25) is 19.9 Å². The summed E-state index contributed by atoms with van der Waals surface area (Å²) in [4.78, 5) is 44.5. The first-order chi connectivity index (χ1) is 14.2. The number of aryl methyl sites for hydroxylation is 1. The second-order valence-electron chi connectivity index (χ2n) is 7.24. The molecular formula is C20H27N5O4S. The van der Waals surface area contributed by atoms with Gasteiger partial charge in [-0.25, -0.2) is 9.78 Å². The molecule has 10 heteroatoms. The molecule has 2 aromatic heterocycles. The van der Waals surface area contributed by atoms with Gasteiger partial charge >= 0.3 is 12.0 Å². The number of anilines is 1. The number of nitrogens with zero attached hydrogens (tertiary/aromatic N) is 3. The molecule has 1 fully saturated rings. The Kier molecular flexibility index (Phi) is 7.87. The number of primary amides is 1. The van der Waals surface area contributed by atoms with Gasteiger partial charge in [0.1, 0.15) is 5.41 Å². The number of hydrogen-bond acceptors (Lipinski definition) is 7. The largest absolute Gasteiger partial charge is 0.468 e. The number of carbonyl (C=O) groups is 3. The van der Waals surface area contributed by atoms with Crippen LogP contribution < -0.4 is 11.1 Å². The third-order valence-electron chi connectivity index (χ3n) is 4.76. The minimum Gasteiger partial charge on any atom is -0.468 e. The molecule has 1 aliphatic rings. The van der Waals surface area contributed by atoms with Gasteiger partial charge in [0.15, 0.2) is 5.13 Å². The van der Waals surface area contributed by atoms with Crippen molar-refractivity contribution in [1.29, 1.82) is 0 Å². The standard InChI is InChI=1S/C19H24N4O3S.CH3NO/c1-12-15(27-17(21-12)22-18(25)23-9-5-6-10-23)13-7-8-20-14(11-13)19(2,3)16(24)26-4;2-1-3/h7-8,11H,5-6,9-10H2,1-4H3,(H,21,22,25);1H,(H2,2,3). The Balaban J connectivity index is 0.00000101. The van der Waals surface area contributed by atoms with Crippen LogP contribution in [0.2, 0.25) is 0 Å². The fourth-order valence-corrected chi connectivity index (χ4v) is 4.03. The van der Waals surface area contributed by atoms with Gasteiger partial charge in [-0.15, -0.1) is 0 Å². The summed E-state index contributed by atoms with van der Waals surface area (Å²) in [6.45, 7) is 7.06. The van der Waals surface area contributed by atoms with Crippen molar-refractivity contribution in [3.05, 3.63) is 29.7 Å². The van der Waals surface area contributed by atoms with Gasteiger partial charge in [-0.1, -0.05) is 11.3 Å². The maximum atomic E-state index is 12.3. The number of pyridine rings is 1. The van der Waals surface area contributed by atoms with E-state index in [0.717, 1.165) is 42.1 Å². The van der Waals surface area contributed by atoms with Crippen molar-refractivity contribution in [3.8, 4) is 10.4 Å². The van der Waals surface area contributed by atoms with Crippen molar-refractivity contribution in [2.45, 2.75) is 39.0 Å². The van der Waals surface area contributed by atoms with Crippen LogP contribution >= 0.6 is 11.3 Å². The zero-order valence-corrected chi connectivity index (χ0v) is 18.4. The Labute approximate surface area is 179 Å². The van der Waals surface area contributed by atoms with E-state index in [1.165, 1.54) is 18.4 Å². The van der Waals surface area contributed by atoms with Crippen molar-refractivity contribution in [2.75, 3.05) is 25.5 Å². The zero-order chi connectivity index (χ0) is 22.3. The lowest BCUT2D eigenvalue weighted by Gasteiger charge is -2.21. The Morgan fingerprint density at radius 1 is 1.33 bits per heavy atom. The number of aromatic nitrogens is 2. The van der Waals surface area contributed by atoms with Crippen LogP contribution in [0.15, 0.2) is 18.3 Å². The van der Waals surface area contributed by atoms with E-state index in [2.05, 4.69) is 21.0 Å². The maximum Gasteiger partial charge on any atom is 0.323 e. The highest BCUT2D eigenvalue weighted by Gasteiger charge is 2.32. The molecule has 0 radical (unpaired) electrons. The number of carbonyl (C=O) groups excluding carboxylic acids is 3. The molecule has 0 unspecified atom stereocenters. The van der Waals surface area contributed by atoms with Crippen LogP contribution in [-0.4, -0.2) is 53.5 Å². The van der Waals surface area contributed by atoms with Gasteiger partial charge in [-0.2, -0.15) is 0 Å². The Hall–Kier alpha value is -3.01. The number of nitrogens with one attached hydrogen (secondary N) is 1. The monoisotopic (exact) mass is 433 g/mol. The molecule has 0 bridgehead atoms. The normalized spacial score (nSPS) is 13.3. The summed E-state index contributed by atoms with van der Waals surface area (Å²) in [7, 11) is 1.37. The van der Waals surface area contributed by atoms with E-state index in [9.17, 15) is 9.59 Å². The summed E-state index contributed by atoms with van der Waals surface area (Å²) in [6.07, 6.45) is 4.02. The number of rotatable bonds is 4. The highest BCUT2D eigenvalue weighted by Crippen LogP contribution is 2.35. The van der Waals surface area contributed by atoms with Gasteiger partial charge in [0.2, 0.25) is 6.41 Å². The highest BCUT2D eigenvalue weighted by atomic mass is 32.1. The van der Waals surface area contributed by atoms with E-state index >= 15 is 0 Å². The van der Waals surface area contributed by atoms with Crippen molar-refractivity contribution in [1.82, 2.24) is 14.9 Å². The number of ether oxygens (including phenoxy) is 1. The zero-order valence-electron chi connectivity index (χ0n) is 17.6. The van der Waals surface area contributed by atoms with Crippen LogP contribution in [0.5, 0.6) is 0 Å². The Morgan fingerprint density at radius 3 is 2.57 bits per heavy atom. The van der Waals surface area contributed by atoms with Crippen molar-refractivity contribution >= 4 is 34.9 Å². The number of methoxy groups -OCH3 is 1. The first-order valence-electron chi connectivity index (χ1n) is 9.48. The molecule has 0 saturated carbocycles. The smallest absolute Gasteiger partial charge is 0.323 e. The topological polar surface area (TPSA) is 128 Å². The van der Waals surface area contributed by atoms with Crippen LogP contribution in [0.4, 0.5) is 9.93 Å². The van der Waals surface area contributed by atoms with Crippen molar-refractivity contribution in [3.63, 3.8) is 0 Å². The second-order valence-corrected chi connectivity index (χ2v) is 8.24. The van der Waals surface area contributed by atoms with Crippen LogP contribution in [0.3, 0.4) is 0 Å². The molecule has 1 saturated heterocycles. The lowest BCUT2D eigenvalue weighted by Crippen LogP contribution is -2.32. The minimum absolute atomic E-state index is 0.102. The summed E-state index contributed by atoms with van der Waals surface area (Å²) in [5.41, 5.74) is 5.68. The third kappa shape index (κ3) is 5.32. The van der Waals surface area contributed by atoms with E-state index < -0.39 is 5.41 Å². The molecule has 1 aliphatic heterocycles. The van der Waals surface area contributed by atoms with Crippen molar-refractivity contribution < 1.29 is 19.1 Å². The Morgan fingerprint density at radius 2 is 1.97 bits per heavy atom. The molecular weight excluding hydrogens is 406 g/mol. The molecule has 3 heterocycles.